The molecule has 0 radical (unpaired) electrons. The first-order valence-electron chi connectivity index (χ1n) is 8.17. The predicted molar refractivity (Wildman–Crippen MR) is 90.0 cm³/mol. The summed E-state index contributed by atoms with van der Waals surface area (Å²) in [6.45, 7) is 2.03. The summed E-state index contributed by atoms with van der Waals surface area (Å²) in [7, 11) is 0. The fourth-order valence-corrected chi connectivity index (χ4v) is 3.74. The molecule has 1 fully saturated rings. The van der Waals surface area contributed by atoms with Crippen LogP contribution < -0.4 is 5.73 Å². The summed E-state index contributed by atoms with van der Waals surface area (Å²) < 4.78 is 1.90. The highest BCUT2D eigenvalue weighted by atomic mass is 32.1. The molecule has 0 atom stereocenters. The maximum atomic E-state index is 12.3. The number of nitrogens with two attached hydrogens (primary N) is 1. The Morgan fingerprint density at radius 3 is 2.87 bits per heavy atom. The van der Waals surface area contributed by atoms with E-state index < -0.39 is 0 Å². The fraction of sp³-hybridized carbons (Fsp3) is 0.562. The number of thiophene rings is 1. The van der Waals surface area contributed by atoms with Gasteiger partial charge in [-0.1, -0.05) is 11.3 Å². The molecule has 1 amide bonds. The molecule has 2 aromatic rings. The van der Waals surface area contributed by atoms with Crippen molar-refractivity contribution in [1.29, 1.82) is 0 Å². The number of hydrogen-bond acceptors (Lipinski definition) is 5. The van der Waals surface area contributed by atoms with Crippen molar-refractivity contribution in [2.45, 2.75) is 44.7 Å². The van der Waals surface area contributed by atoms with E-state index in [0.29, 0.717) is 19.0 Å². The lowest BCUT2D eigenvalue weighted by Gasteiger charge is -2.32. The number of likely N-dealkylation sites (tertiary alicyclic amines) is 1. The molecule has 0 aromatic carbocycles. The topological polar surface area (TPSA) is 77.0 Å². The SMILES string of the molecule is NCc1cn(C2CCN(C(=O)CCCc3cccs3)CC2)nn1. The van der Waals surface area contributed by atoms with Gasteiger partial charge in [-0.05, 0) is 37.1 Å². The lowest BCUT2D eigenvalue weighted by Crippen LogP contribution is -2.39. The molecule has 2 N–H and O–H groups in total. The Kier molecular flexibility index (Phi) is 5.40. The molecule has 6 nitrogen and oxygen atoms in total. The Bertz CT molecular complexity index is 616. The molecule has 1 aliphatic rings. The molecule has 0 unspecified atom stereocenters. The Labute approximate surface area is 140 Å². The summed E-state index contributed by atoms with van der Waals surface area (Å²) in [6.07, 6.45) is 6.36. The molecule has 0 spiro atoms. The molecule has 23 heavy (non-hydrogen) atoms. The highest BCUT2D eigenvalue weighted by molar-refractivity contribution is 7.09. The molecule has 1 saturated heterocycles. The van der Waals surface area contributed by atoms with Crippen LogP contribution in [0.4, 0.5) is 0 Å². The van der Waals surface area contributed by atoms with Gasteiger partial charge in [0.15, 0.2) is 0 Å². The summed E-state index contributed by atoms with van der Waals surface area (Å²) in [5, 5.41) is 10.3. The number of aromatic nitrogens is 3. The minimum absolute atomic E-state index is 0.279. The third-order valence-electron chi connectivity index (χ3n) is 4.35. The third-order valence-corrected chi connectivity index (χ3v) is 5.29. The Morgan fingerprint density at radius 1 is 1.39 bits per heavy atom. The standard InChI is InChI=1S/C16H23N5OS/c17-11-13-12-21(19-18-13)14-6-8-20(9-7-14)16(22)5-1-3-15-4-2-10-23-15/h2,4,10,12,14H,1,3,5-9,11,17H2. The van der Waals surface area contributed by atoms with Crippen LogP contribution in [0.2, 0.25) is 0 Å². The quantitative estimate of drug-likeness (QED) is 0.877. The highest BCUT2D eigenvalue weighted by Gasteiger charge is 2.24. The maximum absolute atomic E-state index is 12.3. The van der Waals surface area contributed by atoms with Crippen LogP contribution in [0.1, 0.15) is 42.3 Å². The van der Waals surface area contributed by atoms with Gasteiger partial charge in [0.05, 0.1) is 17.9 Å². The number of carbonyl (C=O) groups is 1. The second kappa shape index (κ2) is 7.70. The minimum atomic E-state index is 0.279. The monoisotopic (exact) mass is 333 g/mol. The lowest BCUT2D eigenvalue weighted by molar-refractivity contribution is -0.132. The number of rotatable bonds is 6. The molecule has 0 aliphatic carbocycles. The lowest BCUT2D eigenvalue weighted by atomic mass is 10.0. The summed E-state index contributed by atoms with van der Waals surface area (Å²) >= 11 is 1.76. The van der Waals surface area contributed by atoms with Crippen molar-refractivity contribution >= 4 is 17.2 Å². The highest BCUT2D eigenvalue weighted by Crippen LogP contribution is 2.22. The van der Waals surface area contributed by atoms with Gasteiger partial charge in [-0.3, -0.25) is 4.79 Å². The van der Waals surface area contributed by atoms with Gasteiger partial charge in [-0.25, -0.2) is 4.68 Å². The maximum Gasteiger partial charge on any atom is 0.222 e. The summed E-state index contributed by atoms with van der Waals surface area (Å²) in [6, 6.07) is 4.53. The predicted octanol–water partition coefficient (Wildman–Crippen LogP) is 1.98. The van der Waals surface area contributed by atoms with E-state index in [0.717, 1.165) is 44.5 Å². The first-order chi connectivity index (χ1) is 11.3. The van der Waals surface area contributed by atoms with Gasteiger partial charge < -0.3 is 10.6 Å². The van der Waals surface area contributed by atoms with Crippen LogP contribution in [0.3, 0.4) is 0 Å². The first kappa shape index (κ1) is 16.1. The van der Waals surface area contributed by atoms with Gasteiger partial charge in [0, 0.05) is 30.9 Å². The fourth-order valence-electron chi connectivity index (χ4n) is 2.99. The van der Waals surface area contributed by atoms with Crippen LogP contribution >= 0.6 is 11.3 Å². The van der Waals surface area contributed by atoms with Crippen LogP contribution in [0.5, 0.6) is 0 Å². The zero-order chi connectivity index (χ0) is 16.1. The Hall–Kier alpha value is -1.73. The van der Waals surface area contributed by atoms with E-state index in [-0.39, 0.29) is 5.91 Å². The van der Waals surface area contributed by atoms with Gasteiger partial charge in [0.25, 0.3) is 0 Å². The summed E-state index contributed by atoms with van der Waals surface area (Å²) in [5.41, 5.74) is 6.38. The van der Waals surface area contributed by atoms with Gasteiger partial charge in [-0.15, -0.1) is 16.4 Å². The summed E-state index contributed by atoms with van der Waals surface area (Å²) in [5.74, 6) is 0.279. The normalized spacial score (nSPS) is 16.0. The second-order valence-electron chi connectivity index (χ2n) is 5.94. The number of piperidine rings is 1. The molecule has 3 rings (SSSR count). The van der Waals surface area contributed by atoms with Gasteiger partial charge in [0.2, 0.25) is 5.91 Å². The zero-order valence-corrected chi connectivity index (χ0v) is 14.0. The Balaban J connectivity index is 1.42. The van der Waals surface area contributed by atoms with Gasteiger partial charge in [0.1, 0.15) is 0 Å². The molecule has 3 heterocycles. The van der Waals surface area contributed by atoms with Crippen molar-refractivity contribution in [2.24, 2.45) is 5.73 Å². The zero-order valence-electron chi connectivity index (χ0n) is 13.2. The van der Waals surface area contributed by atoms with Gasteiger partial charge >= 0.3 is 0 Å². The average Bonchev–Trinajstić information content (AvgIpc) is 3.26. The molecule has 1 aliphatic heterocycles. The number of aryl methyl sites for hydroxylation is 1. The van der Waals surface area contributed by atoms with Crippen molar-refractivity contribution in [2.75, 3.05) is 13.1 Å². The smallest absolute Gasteiger partial charge is 0.222 e. The van der Waals surface area contributed by atoms with E-state index in [1.165, 1.54) is 4.88 Å². The second-order valence-corrected chi connectivity index (χ2v) is 6.97. The molecule has 0 saturated carbocycles. The van der Waals surface area contributed by atoms with Crippen molar-refractivity contribution in [1.82, 2.24) is 19.9 Å². The first-order valence-corrected chi connectivity index (χ1v) is 9.05. The van der Waals surface area contributed by atoms with Crippen LogP contribution in [0.25, 0.3) is 0 Å². The molecule has 7 heteroatoms. The van der Waals surface area contributed by atoms with E-state index in [9.17, 15) is 4.79 Å². The van der Waals surface area contributed by atoms with Crippen LogP contribution in [0.15, 0.2) is 23.7 Å². The van der Waals surface area contributed by atoms with Crippen molar-refractivity contribution in [3.05, 3.63) is 34.3 Å². The number of hydrogen-bond donors (Lipinski definition) is 1. The molecule has 2 aromatic heterocycles. The molecule has 0 bridgehead atoms. The van der Waals surface area contributed by atoms with Crippen molar-refractivity contribution in [3.8, 4) is 0 Å². The van der Waals surface area contributed by atoms with Crippen LogP contribution in [-0.2, 0) is 17.8 Å². The molecular weight excluding hydrogens is 310 g/mol. The van der Waals surface area contributed by atoms with E-state index in [4.69, 9.17) is 5.73 Å². The van der Waals surface area contributed by atoms with E-state index in [2.05, 4.69) is 27.8 Å². The molecule has 124 valence electrons. The molecular formula is C16H23N5OS. The van der Waals surface area contributed by atoms with Crippen molar-refractivity contribution in [3.63, 3.8) is 0 Å². The minimum Gasteiger partial charge on any atom is -0.343 e. The largest absolute Gasteiger partial charge is 0.343 e. The number of amides is 1. The van der Waals surface area contributed by atoms with Gasteiger partial charge in [-0.2, -0.15) is 0 Å². The third kappa shape index (κ3) is 4.17. The van der Waals surface area contributed by atoms with E-state index >= 15 is 0 Å². The summed E-state index contributed by atoms with van der Waals surface area (Å²) in [4.78, 5) is 15.6. The number of carbonyl (C=O) groups excluding carboxylic acids is 1. The van der Waals surface area contributed by atoms with E-state index in [1.807, 2.05) is 15.8 Å². The van der Waals surface area contributed by atoms with Crippen LogP contribution in [0, 0.1) is 0 Å². The Morgan fingerprint density at radius 2 is 2.22 bits per heavy atom. The average molecular weight is 333 g/mol. The van der Waals surface area contributed by atoms with Crippen LogP contribution in [-0.4, -0.2) is 38.9 Å². The number of nitrogens with zero attached hydrogens (tertiary/aromatic N) is 4. The van der Waals surface area contributed by atoms with E-state index in [1.54, 1.807) is 11.3 Å². The van der Waals surface area contributed by atoms with Crippen molar-refractivity contribution < 1.29 is 4.79 Å².